The SMILES string of the molecule is Cc1ccccc1-c1noc(CNC(=O)C2CCCN(S(=O)(=O)N(C)C)C2)n1. The zero-order valence-electron chi connectivity index (χ0n) is 16.3. The van der Waals surface area contributed by atoms with Crippen LogP contribution in [0.3, 0.4) is 0 Å². The number of rotatable bonds is 6. The summed E-state index contributed by atoms with van der Waals surface area (Å²) in [5.74, 6) is 0.167. The number of aromatic nitrogens is 2. The number of benzene rings is 1. The summed E-state index contributed by atoms with van der Waals surface area (Å²) in [6, 6.07) is 7.70. The quantitative estimate of drug-likeness (QED) is 0.770. The van der Waals surface area contributed by atoms with Gasteiger partial charge in [0, 0.05) is 32.7 Å². The highest BCUT2D eigenvalue weighted by atomic mass is 32.2. The topological polar surface area (TPSA) is 109 Å². The molecule has 1 atom stereocenters. The van der Waals surface area contributed by atoms with Crippen molar-refractivity contribution in [1.29, 1.82) is 0 Å². The van der Waals surface area contributed by atoms with E-state index in [0.717, 1.165) is 11.1 Å². The van der Waals surface area contributed by atoms with E-state index in [1.807, 2.05) is 31.2 Å². The number of carbonyl (C=O) groups is 1. The predicted octanol–water partition coefficient (Wildman–Crippen LogP) is 1.18. The van der Waals surface area contributed by atoms with Gasteiger partial charge in [0.15, 0.2) is 0 Å². The van der Waals surface area contributed by atoms with E-state index in [2.05, 4.69) is 15.5 Å². The third-order valence-electron chi connectivity index (χ3n) is 4.81. The van der Waals surface area contributed by atoms with E-state index in [9.17, 15) is 13.2 Å². The van der Waals surface area contributed by atoms with Gasteiger partial charge >= 0.3 is 0 Å². The van der Waals surface area contributed by atoms with Gasteiger partial charge in [0.05, 0.1) is 12.5 Å². The highest BCUT2D eigenvalue weighted by Crippen LogP contribution is 2.21. The normalized spacial score (nSPS) is 18.4. The first-order valence-electron chi connectivity index (χ1n) is 9.13. The van der Waals surface area contributed by atoms with Crippen molar-refractivity contribution in [3.63, 3.8) is 0 Å². The largest absolute Gasteiger partial charge is 0.347 e. The van der Waals surface area contributed by atoms with Crippen LogP contribution in [0.5, 0.6) is 0 Å². The molecule has 1 N–H and O–H groups in total. The summed E-state index contributed by atoms with van der Waals surface area (Å²) in [7, 11) is -0.546. The van der Waals surface area contributed by atoms with Gasteiger partial charge in [-0.1, -0.05) is 29.4 Å². The second-order valence-electron chi connectivity index (χ2n) is 7.03. The predicted molar refractivity (Wildman–Crippen MR) is 103 cm³/mol. The molecule has 0 aliphatic carbocycles. The average molecular weight is 407 g/mol. The third kappa shape index (κ3) is 4.40. The Balaban J connectivity index is 1.59. The fraction of sp³-hybridized carbons (Fsp3) is 0.500. The molecule has 1 aliphatic rings. The smallest absolute Gasteiger partial charge is 0.281 e. The van der Waals surface area contributed by atoms with E-state index in [1.54, 1.807) is 0 Å². The zero-order valence-corrected chi connectivity index (χ0v) is 17.1. The molecule has 0 spiro atoms. The number of carbonyl (C=O) groups excluding carboxylic acids is 1. The Morgan fingerprint density at radius 1 is 1.36 bits per heavy atom. The van der Waals surface area contributed by atoms with Gasteiger partial charge < -0.3 is 9.84 Å². The molecule has 152 valence electrons. The Morgan fingerprint density at radius 3 is 2.82 bits per heavy atom. The van der Waals surface area contributed by atoms with Crippen molar-refractivity contribution in [3.05, 3.63) is 35.7 Å². The van der Waals surface area contributed by atoms with Gasteiger partial charge in [-0.2, -0.15) is 22.0 Å². The molecule has 2 aromatic rings. The first-order valence-corrected chi connectivity index (χ1v) is 10.5. The van der Waals surface area contributed by atoms with E-state index in [-0.39, 0.29) is 19.0 Å². The van der Waals surface area contributed by atoms with Crippen molar-refractivity contribution >= 4 is 16.1 Å². The summed E-state index contributed by atoms with van der Waals surface area (Å²) in [5, 5.41) is 6.75. The molecule has 1 fully saturated rings. The zero-order chi connectivity index (χ0) is 20.3. The first-order chi connectivity index (χ1) is 13.3. The summed E-state index contributed by atoms with van der Waals surface area (Å²) in [5.41, 5.74) is 1.91. The minimum Gasteiger partial charge on any atom is -0.347 e. The molecule has 1 aromatic heterocycles. The lowest BCUT2D eigenvalue weighted by Crippen LogP contribution is -2.48. The molecule has 0 bridgehead atoms. The molecule has 1 amide bonds. The van der Waals surface area contributed by atoms with Crippen LogP contribution in [0.25, 0.3) is 11.4 Å². The second-order valence-corrected chi connectivity index (χ2v) is 9.17. The summed E-state index contributed by atoms with van der Waals surface area (Å²) in [4.78, 5) is 16.8. The van der Waals surface area contributed by atoms with Gasteiger partial charge in [-0.15, -0.1) is 0 Å². The summed E-state index contributed by atoms with van der Waals surface area (Å²) >= 11 is 0. The maximum absolute atomic E-state index is 12.5. The molecule has 1 aliphatic heterocycles. The summed E-state index contributed by atoms with van der Waals surface area (Å²) in [6.07, 6.45) is 1.28. The van der Waals surface area contributed by atoms with E-state index in [0.29, 0.717) is 31.1 Å². The molecular formula is C18H25N5O4S. The molecule has 1 unspecified atom stereocenters. The van der Waals surface area contributed by atoms with Gasteiger partial charge in [0.25, 0.3) is 10.2 Å². The van der Waals surface area contributed by atoms with Crippen LogP contribution in [0.15, 0.2) is 28.8 Å². The third-order valence-corrected chi connectivity index (χ3v) is 6.72. The van der Waals surface area contributed by atoms with Crippen molar-refractivity contribution in [2.24, 2.45) is 5.92 Å². The number of piperidine rings is 1. The lowest BCUT2D eigenvalue weighted by Gasteiger charge is -2.32. The van der Waals surface area contributed by atoms with Crippen LogP contribution in [-0.2, 0) is 21.5 Å². The Hall–Kier alpha value is -2.30. The monoisotopic (exact) mass is 407 g/mol. The number of hydrogen-bond donors (Lipinski definition) is 1. The van der Waals surface area contributed by atoms with E-state index in [4.69, 9.17) is 4.52 Å². The molecule has 10 heteroatoms. The lowest BCUT2D eigenvalue weighted by molar-refractivity contribution is -0.126. The maximum atomic E-state index is 12.5. The van der Waals surface area contributed by atoms with Crippen molar-refractivity contribution in [3.8, 4) is 11.4 Å². The number of aryl methyl sites for hydroxylation is 1. The maximum Gasteiger partial charge on any atom is 0.281 e. The molecule has 1 aromatic carbocycles. The Labute approximate surface area is 164 Å². The van der Waals surface area contributed by atoms with Gasteiger partial charge in [0.2, 0.25) is 17.6 Å². The summed E-state index contributed by atoms with van der Waals surface area (Å²) in [6.45, 7) is 2.66. The van der Waals surface area contributed by atoms with Crippen LogP contribution in [0.2, 0.25) is 0 Å². The van der Waals surface area contributed by atoms with Crippen LogP contribution < -0.4 is 5.32 Å². The fourth-order valence-corrected chi connectivity index (χ4v) is 4.35. The van der Waals surface area contributed by atoms with Crippen LogP contribution >= 0.6 is 0 Å². The van der Waals surface area contributed by atoms with E-state index < -0.39 is 16.1 Å². The van der Waals surface area contributed by atoms with Gasteiger partial charge in [-0.3, -0.25) is 4.79 Å². The van der Waals surface area contributed by atoms with Gasteiger partial charge in [-0.25, -0.2) is 0 Å². The number of amides is 1. The van der Waals surface area contributed by atoms with E-state index in [1.165, 1.54) is 22.7 Å². The van der Waals surface area contributed by atoms with E-state index >= 15 is 0 Å². The molecule has 2 heterocycles. The molecule has 1 saturated heterocycles. The Morgan fingerprint density at radius 2 is 2.11 bits per heavy atom. The molecule has 0 radical (unpaired) electrons. The number of nitrogens with zero attached hydrogens (tertiary/aromatic N) is 4. The molecule has 3 rings (SSSR count). The Kier molecular flexibility index (Phi) is 6.11. The standard InChI is InChI=1S/C18H25N5O4S/c1-13-7-4-5-9-15(13)17-20-16(27-21-17)11-19-18(24)14-8-6-10-23(12-14)28(25,26)22(2)3/h4-5,7,9,14H,6,8,10-12H2,1-3H3,(H,19,24). The Bertz CT molecular complexity index is 941. The van der Waals surface area contributed by atoms with Crippen molar-refractivity contribution < 1.29 is 17.7 Å². The van der Waals surface area contributed by atoms with Crippen molar-refractivity contribution in [1.82, 2.24) is 24.1 Å². The first kappa shape index (κ1) is 20.4. The van der Waals surface area contributed by atoms with Crippen LogP contribution in [-0.4, -0.2) is 60.3 Å². The molecular weight excluding hydrogens is 382 g/mol. The van der Waals surface area contributed by atoms with Gasteiger partial charge in [-0.05, 0) is 25.3 Å². The van der Waals surface area contributed by atoms with Crippen molar-refractivity contribution in [2.45, 2.75) is 26.3 Å². The molecule has 28 heavy (non-hydrogen) atoms. The highest BCUT2D eigenvalue weighted by Gasteiger charge is 2.33. The molecule has 0 saturated carbocycles. The van der Waals surface area contributed by atoms with Crippen molar-refractivity contribution in [2.75, 3.05) is 27.2 Å². The van der Waals surface area contributed by atoms with Crippen LogP contribution in [0, 0.1) is 12.8 Å². The lowest BCUT2D eigenvalue weighted by atomic mass is 9.99. The molecule has 9 nitrogen and oxygen atoms in total. The fourth-order valence-electron chi connectivity index (χ4n) is 3.16. The van der Waals surface area contributed by atoms with Crippen LogP contribution in [0.4, 0.5) is 0 Å². The number of nitrogens with one attached hydrogen (secondary N) is 1. The summed E-state index contributed by atoms with van der Waals surface area (Å²) < 4.78 is 32.3. The van der Waals surface area contributed by atoms with Crippen LogP contribution in [0.1, 0.15) is 24.3 Å². The minimum absolute atomic E-state index is 0.106. The highest BCUT2D eigenvalue weighted by molar-refractivity contribution is 7.86. The average Bonchev–Trinajstić information content (AvgIpc) is 3.15. The second kappa shape index (κ2) is 8.38. The van der Waals surface area contributed by atoms with Gasteiger partial charge in [0.1, 0.15) is 0 Å². The minimum atomic E-state index is -3.52. The number of hydrogen-bond acceptors (Lipinski definition) is 6.